The van der Waals surface area contributed by atoms with Crippen LogP contribution in [0.25, 0.3) is 11.3 Å². The first kappa shape index (κ1) is 23.8. The van der Waals surface area contributed by atoms with Crippen molar-refractivity contribution in [1.29, 1.82) is 5.26 Å². The molecule has 1 aromatic heterocycles. The van der Waals surface area contributed by atoms with Gasteiger partial charge in [-0.2, -0.15) is 10.4 Å². The molecule has 2 aromatic rings. The van der Waals surface area contributed by atoms with Gasteiger partial charge in [-0.05, 0) is 30.4 Å². The summed E-state index contributed by atoms with van der Waals surface area (Å²) in [5.74, 6) is 0.0207. The Bertz CT molecular complexity index is 1050. The van der Waals surface area contributed by atoms with Gasteiger partial charge < -0.3 is 14.2 Å². The van der Waals surface area contributed by atoms with Gasteiger partial charge in [0.25, 0.3) is 0 Å². The molecule has 0 saturated carbocycles. The predicted octanol–water partition coefficient (Wildman–Crippen LogP) is 5.50. The first-order valence-electron chi connectivity index (χ1n) is 10.6. The third-order valence-corrected chi connectivity index (χ3v) is 5.74. The van der Waals surface area contributed by atoms with Crippen LogP contribution in [0.1, 0.15) is 56.6 Å². The van der Waals surface area contributed by atoms with Gasteiger partial charge in [0, 0.05) is 13.0 Å². The van der Waals surface area contributed by atoms with E-state index in [9.17, 15) is 10.1 Å². The number of nitriles is 1. The smallest absolute Gasteiger partial charge is 0.428 e. The number of carbonyl (C=O) groups is 1. The maximum Gasteiger partial charge on any atom is 0.514 e. The van der Waals surface area contributed by atoms with Crippen LogP contribution < -0.4 is 0 Å². The van der Waals surface area contributed by atoms with E-state index >= 15 is 0 Å². The van der Waals surface area contributed by atoms with Gasteiger partial charge in [-0.3, -0.25) is 4.68 Å². The SMILES string of the molecule is CCn1nc(C)c(Cl)c1/C(OC(=O)OC1CCOC1)=C(\C#N)c1ccc(C(C)(C)C)cc1. The maximum atomic E-state index is 12.6. The molecule has 1 aliphatic rings. The molecule has 8 heteroatoms. The van der Waals surface area contributed by atoms with Crippen LogP contribution in [0.15, 0.2) is 24.3 Å². The number of hydrogen-bond acceptors (Lipinski definition) is 6. The number of rotatable bonds is 5. The normalized spacial score (nSPS) is 17.0. The summed E-state index contributed by atoms with van der Waals surface area (Å²) in [6, 6.07) is 9.78. The van der Waals surface area contributed by atoms with Gasteiger partial charge in [-0.15, -0.1) is 0 Å². The van der Waals surface area contributed by atoms with Crippen molar-refractivity contribution in [2.75, 3.05) is 13.2 Å². The lowest BCUT2D eigenvalue weighted by Gasteiger charge is -2.19. The minimum atomic E-state index is -0.910. The molecular formula is C24H28ClN3O4. The summed E-state index contributed by atoms with van der Waals surface area (Å²) in [6.07, 6.45) is -0.693. The summed E-state index contributed by atoms with van der Waals surface area (Å²) in [6.45, 7) is 11.3. The van der Waals surface area contributed by atoms with Crippen molar-refractivity contribution in [3.63, 3.8) is 0 Å². The van der Waals surface area contributed by atoms with E-state index in [1.807, 2.05) is 31.2 Å². The van der Waals surface area contributed by atoms with Crippen LogP contribution in [0.3, 0.4) is 0 Å². The summed E-state index contributed by atoms with van der Waals surface area (Å²) in [5, 5.41) is 14.8. The van der Waals surface area contributed by atoms with Crippen molar-refractivity contribution in [3.05, 3.63) is 51.8 Å². The molecule has 3 rings (SSSR count). The molecule has 0 N–H and O–H groups in total. The topological polar surface area (TPSA) is 86.4 Å². The van der Waals surface area contributed by atoms with Crippen molar-refractivity contribution >= 4 is 29.1 Å². The summed E-state index contributed by atoms with van der Waals surface area (Å²) >= 11 is 6.54. The molecule has 1 unspecified atom stereocenters. The number of halogens is 1. The Hall–Kier alpha value is -2.82. The average molecular weight is 458 g/mol. The number of allylic oxidation sites excluding steroid dienone is 1. The summed E-state index contributed by atoms with van der Waals surface area (Å²) in [7, 11) is 0. The molecule has 0 spiro atoms. The van der Waals surface area contributed by atoms with E-state index in [0.29, 0.717) is 48.2 Å². The fraction of sp³-hybridized carbons (Fsp3) is 0.458. The third-order valence-electron chi connectivity index (χ3n) is 5.28. The van der Waals surface area contributed by atoms with Crippen LogP contribution in [0, 0.1) is 18.3 Å². The van der Waals surface area contributed by atoms with E-state index in [1.165, 1.54) is 0 Å². The second kappa shape index (κ2) is 9.76. The summed E-state index contributed by atoms with van der Waals surface area (Å²) < 4.78 is 17.9. The van der Waals surface area contributed by atoms with Gasteiger partial charge in [-0.1, -0.05) is 56.6 Å². The Morgan fingerprint density at radius 1 is 1.34 bits per heavy atom. The van der Waals surface area contributed by atoms with Gasteiger partial charge in [-0.25, -0.2) is 4.79 Å². The predicted molar refractivity (Wildman–Crippen MR) is 122 cm³/mol. The average Bonchev–Trinajstić information content (AvgIpc) is 3.35. The van der Waals surface area contributed by atoms with E-state index in [4.69, 9.17) is 25.8 Å². The second-order valence-electron chi connectivity index (χ2n) is 8.66. The zero-order chi connectivity index (χ0) is 23.5. The van der Waals surface area contributed by atoms with Gasteiger partial charge in [0.1, 0.15) is 23.4 Å². The monoisotopic (exact) mass is 457 g/mol. The van der Waals surface area contributed by atoms with E-state index in [2.05, 4.69) is 31.9 Å². The highest BCUT2D eigenvalue weighted by atomic mass is 35.5. The standard InChI is InChI=1S/C24H28ClN3O4/c1-6-28-21(20(25)15(2)27-28)22(32-23(29)31-18-11-12-30-14-18)19(13-26)16-7-9-17(10-8-16)24(3,4)5/h7-10,18H,6,11-12,14H2,1-5H3/b22-19-. The van der Waals surface area contributed by atoms with Crippen molar-refractivity contribution in [1.82, 2.24) is 9.78 Å². The van der Waals surface area contributed by atoms with Crippen LogP contribution in [0.2, 0.25) is 5.02 Å². The van der Waals surface area contributed by atoms with E-state index < -0.39 is 6.16 Å². The van der Waals surface area contributed by atoms with E-state index in [1.54, 1.807) is 11.6 Å². The molecule has 170 valence electrons. The van der Waals surface area contributed by atoms with Crippen molar-refractivity contribution < 1.29 is 19.0 Å². The van der Waals surface area contributed by atoms with Crippen molar-refractivity contribution in [2.24, 2.45) is 0 Å². The van der Waals surface area contributed by atoms with E-state index in [0.717, 1.165) is 5.56 Å². The van der Waals surface area contributed by atoms with Crippen molar-refractivity contribution in [3.8, 4) is 6.07 Å². The molecule has 1 fully saturated rings. The van der Waals surface area contributed by atoms with Gasteiger partial charge in [0.05, 0.1) is 23.9 Å². The Morgan fingerprint density at radius 3 is 2.56 bits per heavy atom. The number of ether oxygens (including phenoxy) is 3. The van der Waals surface area contributed by atoms with Crippen molar-refractivity contribution in [2.45, 2.75) is 59.1 Å². The fourth-order valence-electron chi connectivity index (χ4n) is 3.46. The van der Waals surface area contributed by atoms with Crippen LogP contribution in [-0.2, 0) is 26.2 Å². The highest BCUT2D eigenvalue weighted by molar-refractivity contribution is 6.33. The van der Waals surface area contributed by atoms with Gasteiger partial charge in [0.2, 0.25) is 0 Å². The molecular weight excluding hydrogens is 430 g/mol. The molecule has 0 amide bonds. The minimum absolute atomic E-state index is 0.0207. The molecule has 2 heterocycles. The van der Waals surface area contributed by atoms with Gasteiger partial charge >= 0.3 is 6.16 Å². The molecule has 7 nitrogen and oxygen atoms in total. The third kappa shape index (κ3) is 5.14. The molecule has 1 atom stereocenters. The first-order valence-corrected chi connectivity index (χ1v) is 11.0. The number of carbonyl (C=O) groups excluding carboxylic acids is 1. The van der Waals surface area contributed by atoms with Crippen LogP contribution >= 0.6 is 11.6 Å². The highest BCUT2D eigenvalue weighted by Crippen LogP contribution is 2.35. The lowest BCUT2D eigenvalue weighted by Crippen LogP contribution is -2.19. The first-order chi connectivity index (χ1) is 15.2. The summed E-state index contributed by atoms with van der Waals surface area (Å²) in [4.78, 5) is 12.6. The lowest BCUT2D eigenvalue weighted by atomic mass is 9.86. The summed E-state index contributed by atoms with van der Waals surface area (Å²) in [5.41, 5.74) is 2.79. The van der Waals surface area contributed by atoms with E-state index in [-0.39, 0.29) is 22.9 Å². The molecule has 0 radical (unpaired) electrons. The molecule has 32 heavy (non-hydrogen) atoms. The zero-order valence-electron chi connectivity index (χ0n) is 19.1. The van der Waals surface area contributed by atoms with Crippen LogP contribution in [0.4, 0.5) is 4.79 Å². The maximum absolute atomic E-state index is 12.6. The Balaban J connectivity index is 2.10. The number of aryl methyl sites for hydroxylation is 2. The van der Waals surface area contributed by atoms with Gasteiger partial charge in [0.15, 0.2) is 5.76 Å². The zero-order valence-corrected chi connectivity index (χ0v) is 19.8. The molecule has 1 saturated heterocycles. The quantitative estimate of drug-likeness (QED) is 0.335. The minimum Gasteiger partial charge on any atom is -0.428 e. The number of benzene rings is 1. The Kier molecular flexibility index (Phi) is 7.27. The molecule has 1 aliphatic heterocycles. The van der Waals surface area contributed by atoms with Crippen LogP contribution in [-0.4, -0.2) is 35.3 Å². The molecule has 0 aliphatic carbocycles. The number of hydrogen-bond donors (Lipinski definition) is 0. The van der Waals surface area contributed by atoms with Crippen LogP contribution in [0.5, 0.6) is 0 Å². The Morgan fingerprint density at radius 2 is 2.03 bits per heavy atom. The molecule has 1 aromatic carbocycles. The lowest BCUT2D eigenvalue weighted by molar-refractivity contribution is 0.0444. The fourth-order valence-corrected chi connectivity index (χ4v) is 3.68. The Labute approximate surface area is 193 Å². The number of nitrogens with zero attached hydrogens (tertiary/aromatic N) is 3. The highest BCUT2D eigenvalue weighted by Gasteiger charge is 2.28. The largest absolute Gasteiger partial charge is 0.514 e. The molecule has 0 bridgehead atoms. The second-order valence-corrected chi connectivity index (χ2v) is 9.04. The number of aromatic nitrogens is 2.